The average Bonchev–Trinajstić information content (AvgIpc) is 2.76. The number of hydrogen-bond acceptors (Lipinski definition) is 2. The van der Waals surface area contributed by atoms with E-state index >= 15 is 0 Å². The third-order valence-electron chi connectivity index (χ3n) is 4.10. The lowest BCUT2D eigenvalue weighted by molar-refractivity contribution is 0.338. The topological polar surface area (TPSA) is 49.4 Å². The van der Waals surface area contributed by atoms with Gasteiger partial charge < -0.3 is 0 Å². The molecule has 110 valence electrons. The van der Waals surface area contributed by atoms with Crippen molar-refractivity contribution < 1.29 is 8.42 Å². The fourth-order valence-corrected chi connectivity index (χ4v) is 4.96. The number of benzene rings is 1. The van der Waals surface area contributed by atoms with Gasteiger partial charge in [0.15, 0.2) is 0 Å². The molecular weight excluding hydrogens is 296 g/mol. The molecule has 4 nitrogen and oxygen atoms in total. The van der Waals surface area contributed by atoms with Gasteiger partial charge in [0, 0.05) is 13.1 Å². The highest BCUT2D eigenvalue weighted by Gasteiger charge is 2.35. The van der Waals surface area contributed by atoms with E-state index in [9.17, 15) is 8.42 Å². The van der Waals surface area contributed by atoms with Crippen molar-refractivity contribution in [3.63, 3.8) is 0 Å². The Morgan fingerprint density at radius 1 is 1.15 bits per heavy atom. The standard InChI is InChI=1S/C14H19ClN2O2S/c15-13-10-11-6-2-3-7-12(11)14(13)16-20(18,19)17-8-4-1-5-9-17/h2-3,6-7,13-14,16H,1,4-5,8-10H2. The minimum absolute atomic E-state index is 0.216. The van der Waals surface area contributed by atoms with Gasteiger partial charge in [-0.3, -0.25) is 0 Å². The molecule has 0 aromatic heterocycles. The van der Waals surface area contributed by atoms with Crippen LogP contribution in [-0.2, 0) is 16.6 Å². The van der Waals surface area contributed by atoms with Crippen LogP contribution in [0.3, 0.4) is 0 Å². The molecule has 1 fully saturated rings. The van der Waals surface area contributed by atoms with Crippen LogP contribution in [0.2, 0.25) is 0 Å². The molecule has 0 radical (unpaired) electrons. The first kappa shape index (κ1) is 14.3. The van der Waals surface area contributed by atoms with Gasteiger partial charge in [-0.2, -0.15) is 17.4 Å². The number of nitrogens with zero attached hydrogens (tertiary/aromatic N) is 1. The average molecular weight is 315 g/mol. The van der Waals surface area contributed by atoms with Crippen LogP contribution in [0.25, 0.3) is 0 Å². The molecule has 2 aliphatic rings. The minimum Gasteiger partial charge on any atom is -0.195 e. The van der Waals surface area contributed by atoms with E-state index in [0.29, 0.717) is 19.5 Å². The SMILES string of the molecule is O=S(=O)(NC1c2ccccc2CC1Cl)N1CCCCC1. The lowest BCUT2D eigenvalue weighted by Gasteiger charge is -2.28. The van der Waals surface area contributed by atoms with Crippen LogP contribution in [0.15, 0.2) is 24.3 Å². The summed E-state index contributed by atoms with van der Waals surface area (Å²) >= 11 is 6.34. The highest BCUT2D eigenvalue weighted by molar-refractivity contribution is 7.87. The van der Waals surface area contributed by atoms with Crippen molar-refractivity contribution >= 4 is 21.8 Å². The van der Waals surface area contributed by atoms with Crippen molar-refractivity contribution in [2.45, 2.75) is 37.1 Å². The molecule has 20 heavy (non-hydrogen) atoms. The molecule has 0 bridgehead atoms. The second-order valence-electron chi connectivity index (χ2n) is 5.48. The Morgan fingerprint density at radius 3 is 2.60 bits per heavy atom. The van der Waals surface area contributed by atoms with Crippen LogP contribution in [0.4, 0.5) is 0 Å². The summed E-state index contributed by atoms with van der Waals surface area (Å²) < 4.78 is 29.2. The Hall–Kier alpha value is -0.620. The van der Waals surface area contributed by atoms with Crippen LogP contribution < -0.4 is 4.72 Å². The molecule has 1 aromatic rings. The second-order valence-corrected chi connectivity index (χ2v) is 7.74. The summed E-state index contributed by atoms with van der Waals surface area (Å²) in [7, 11) is -3.44. The molecule has 1 aromatic carbocycles. The fourth-order valence-electron chi connectivity index (χ4n) is 3.02. The molecule has 0 spiro atoms. The van der Waals surface area contributed by atoms with E-state index in [0.717, 1.165) is 30.4 Å². The number of rotatable bonds is 3. The van der Waals surface area contributed by atoms with Gasteiger partial charge in [-0.25, -0.2) is 0 Å². The third-order valence-corrected chi connectivity index (χ3v) is 6.10. The maximum atomic E-state index is 12.5. The summed E-state index contributed by atoms with van der Waals surface area (Å²) in [5.41, 5.74) is 2.15. The van der Waals surface area contributed by atoms with E-state index in [-0.39, 0.29) is 11.4 Å². The van der Waals surface area contributed by atoms with E-state index in [4.69, 9.17) is 11.6 Å². The number of nitrogens with one attached hydrogen (secondary N) is 1. The van der Waals surface area contributed by atoms with Crippen LogP contribution in [-0.4, -0.2) is 31.2 Å². The van der Waals surface area contributed by atoms with Gasteiger partial charge in [-0.05, 0) is 30.4 Å². The summed E-state index contributed by atoms with van der Waals surface area (Å²) in [5.74, 6) is 0. The summed E-state index contributed by atoms with van der Waals surface area (Å²) in [4.78, 5) is 0. The normalized spacial score (nSPS) is 27.4. The fraction of sp³-hybridized carbons (Fsp3) is 0.571. The molecule has 0 amide bonds. The maximum Gasteiger partial charge on any atom is 0.280 e. The van der Waals surface area contributed by atoms with Crippen molar-refractivity contribution in [3.05, 3.63) is 35.4 Å². The lowest BCUT2D eigenvalue weighted by Crippen LogP contribution is -2.45. The van der Waals surface area contributed by atoms with Crippen LogP contribution in [0.5, 0.6) is 0 Å². The van der Waals surface area contributed by atoms with E-state index in [1.165, 1.54) is 0 Å². The molecule has 1 aliphatic heterocycles. The molecule has 6 heteroatoms. The van der Waals surface area contributed by atoms with Gasteiger partial charge in [0.25, 0.3) is 10.2 Å². The zero-order valence-electron chi connectivity index (χ0n) is 11.3. The van der Waals surface area contributed by atoms with Crippen molar-refractivity contribution in [3.8, 4) is 0 Å². The predicted molar refractivity (Wildman–Crippen MR) is 80.0 cm³/mol. The lowest BCUT2D eigenvalue weighted by atomic mass is 10.1. The first-order valence-corrected chi connectivity index (χ1v) is 8.95. The molecule has 1 aliphatic carbocycles. The quantitative estimate of drug-likeness (QED) is 0.870. The number of piperidine rings is 1. The van der Waals surface area contributed by atoms with E-state index in [2.05, 4.69) is 4.72 Å². The Kier molecular flexibility index (Phi) is 4.04. The molecule has 2 atom stereocenters. The van der Waals surface area contributed by atoms with E-state index in [1.54, 1.807) is 4.31 Å². The van der Waals surface area contributed by atoms with Gasteiger partial charge in [0.1, 0.15) is 0 Å². The molecule has 3 rings (SSSR count). The minimum atomic E-state index is -3.44. The largest absolute Gasteiger partial charge is 0.280 e. The summed E-state index contributed by atoms with van der Waals surface area (Å²) in [6.45, 7) is 1.22. The van der Waals surface area contributed by atoms with Crippen molar-refractivity contribution in [1.29, 1.82) is 0 Å². The monoisotopic (exact) mass is 314 g/mol. The molecule has 1 saturated heterocycles. The molecule has 1 N–H and O–H groups in total. The maximum absolute atomic E-state index is 12.5. The Balaban J connectivity index is 1.80. The van der Waals surface area contributed by atoms with Gasteiger partial charge in [-0.1, -0.05) is 30.7 Å². The molecular formula is C14H19ClN2O2S. The number of hydrogen-bond donors (Lipinski definition) is 1. The Morgan fingerprint density at radius 2 is 1.85 bits per heavy atom. The summed E-state index contributed by atoms with van der Waals surface area (Å²) in [6, 6.07) is 7.54. The van der Waals surface area contributed by atoms with Crippen LogP contribution in [0, 0.1) is 0 Å². The van der Waals surface area contributed by atoms with Gasteiger partial charge in [0.2, 0.25) is 0 Å². The van der Waals surface area contributed by atoms with Gasteiger partial charge >= 0.3 is 0 Å². The molecule has 0 saturated carbocycles. The van der Waals surface area contributed by atoms with Gasteiger partial charge in [-0.15, -0.1) is 11.6 Å². The van der Waals surface area contributed by atoms with Crippen LogP contribution in [0.1, 0.15) is 36.4 Å². The summed E-state index contributed by atoms with van der Waals surface area (Å²) in [6.07, 6.45) is 3.69. The predicted octanol–water partition coefficient (Wildman–Crippen LogP) is 2.21. The van der Waals surface area contributed by atoms with E-state index < -0.39 is 10.2 Å². The first-order valence-electron chi connectivity index (χ1n) is 7.07. The first-order chi connectivity index (χ1) is 9.58. The zero-order chi connectivity index (χ0) is 14.2. The highest BCUT2D eigenvalue weighted by atomic mass is 35.5. The molecule has 1 heterocycles. The third kappa shape index (κ3) is 2.72. The zero-order valence-corrected chi connectivity index (χ0v) is 12.8. The van der Waals surface area contributed by atoms with Crippen LogP contribution >= 0.6 is 11.6 Å². The van der Waals surface area contributed by atoms with E-state index in [1.807, 2.05) is 24.3 Å². The summed E-state index contributed by atoms with van der Waals surface area (Å²) in [5, 5.41) is -0.216. The second kappa shape index (κ2) is 5.64. The smallest absolute Gasteiger partial charge is 0.195 e. The number of alkyl halides is 1. The van der Waals surface area contributed by atoms with Crippen molar-refractivity contribution in [1.82, 2.24) is 9.03 Å². The van der Waals surface area contributed by atoms with Gasteiger partial charge in [0.05, 0.1) is 11.4 Å². The number of halogens is 1. The Bertz CT molecular complexity index is 585. The van der Waals surface area contributed by atoms with Crippen molar-refractivity contribution in [2.24, 2.45) is 0 Å². The highest BCUT2D eigenvalue weighted by Crippen LogP contribution is 2.35. The number of fused-ring (bicyclic) bond motifs is 1. The molecule has 2 unspecified atom stereocenters. The van der Waals surface area contributed by atoms with Crippen molar-refractivity contribution in [2.75, 3.05) is 13.1 Å². The Labute approximate surface area is 125 Å².